The van der Waals surface area contributed by atoms with Crippen LogP contribution in [0, 0.1) is 0 Å². The molecule has 0 aromatic carbocycles. The second kappa shape index (κ2) is 4.44. The molecular weight excluding hydrogens is 152 g/mol. The summed E-state index contributed by atoms with van der Waals surface area (Å²) in [6.07, 6.45) is 2.36. The van der Waals surface area contributed by atoms with Crippen molar-refractivity contribution >= 4 is 15.5 Å². The molecule has 3 nitrogen and oxygen atoms in total. The molecule has 59 valence electrons. The maximum absolute atomic E-state index is 10.5. The van der Waals surface area contributed by atoms with Crippen LogP contribution in [0.15, 0.2) is 0 Å². The van der Waals surface area contributed by atoms with Crippen LogP contribution < -0.4 is 0 Å². The first kappa shape index (κ1) is 9.62. The van der Waals surface area contributed by atoms with Crippen molar-refractivity contribution in [1.29, 1.82) is 0 Å². The summed E-state index contributed by atoms with van der Waals surface area (Å²) in [6, 6.07) is 0. The van der Waals surface area contributed by atoms with Gasteiger partial charge in [0.15, 0.2) is 0 Å². The summed E-state index contributed by atoms with van der Waals surface area (Å²) in [5.74, 6) is -0.0513. The van der Waals surface area contributed by atoms with Crippen LogP contribution in [0.25, 0.3) is 0 Å². The van der Waals surface area contributed by atoms with Crippen LogP contribution in [0.5, 0.6) is 0 Å². The summed E-state index contributed by atoms with van der Waals surface area (Å²) in [5.41, 5.74) is 1.02. The molecule has 0 aliphatic rings. The molecule has 0 aromatic heterocycles. The Hall–Kier alpha value is -0.380. The molecule has 0 aliphatic carbocycles. The molecule has 0 aliphatic heterocycles. The van der Waals surface area contributed by atoms with E-state index in [0.29, 0.717) is 6.42 Å². The highest BCUT2D eigenvalue weighted by atomic mass is 32.2. The van der Waals surface area contributed by atoms with Gasteiger partial charge in [0, 0.05) is 0 Å². The summed E-state index contributed by atoms with van der Waals surface area (Å²) in [4.78, 5) is 9.71. The zero-order chi connectivity index (χ0) is 8.04. The zero-order valence-corrected chi connectivity index (χ0v) is 6.78. The third kappa shape index (κ3) is 4.49. The molecule has 0 heterocycles. The van der Waals surface area contributed by atoms with E-state index in [2.05, 4.69) is 0 Å². The van der Waals surface area contributed by atoms with Gasteiger partial charge in [-0.15, -0.1) is 0 Å². The molecule has 0 aromatic rings. The maximum atomic E-state index is 10.5. The Kier molecular flexibility index (Phi) is 4.27. The van der Waals surface area contributed by atoms with Gasteiger partial charge in [-0.05, 0) is 6.42 Å². The van der Waals surface area contributed by atoms with E-state index in [1.165, 1.54) is 0 Å². The SMILES string of the molecule is CCCCCS(=O)(=O)[C]=O. The van der Waals surface area contributed by atoms with E-state index in [-0.39, 0.29) is 5.75 Å². The van der Waals surface area contributed by atoms with E-state index >= 15 is 0 Å². The van der Waals surface area contributed by atoms with E-state index in [0.717, 1.165) is 18.5 Å². The Morgan fingerprint density at radius 1 is 1.30 bits per heavy atom. The van der Waals surface area contributed by atoms with Gasteiger partial charge in [0.25, 0.3) is 0 Å². The van der Waals surface area contributed by atoms with Crippen LogP contribution in [-0.4, -0.2) is 19.8 Å². The fraction of sp³-hybridized carbons (Fsp3) is 0.833. The predicted octanol–water partition coefficient (Wildman–Crippen LogP) is 0.659. The van der Waals surface area contributed by atoms with Crippen molar-refractivity contribution in [2.24, 2.45) is 0 Å². The maximum Gasteiger partial charge on any atom is 0.328 e. The highest BCUT2D eigenvalue weighted by molar-refractivity contribution is 8.04. The molecular formula is C6H11O3S. The van der Waals surface area contributed by atoms with Crippen molar-refractivity contribution in [2.45, 2.75) is 26.2 Å². The number of carbonyl (C=O) groups excluding carboxylic acids is 1. The standard InChI is InChI=1S/C6H11O3S/c1-2-3-4-5-10(8,9)6-7/h2-5H2,1H3. The van der Waals surface area contributed by atoms with Gasteiger partial charge in [-0.25, -0.2) is 8.42 Å². The van der Waals surface area contributed by atoms with Gasteiger partial charge in [0.2, 0.25) is 9.84 Å². The van der Waals surface area contributed by atoms with Crippen molar-refractivity contribution in [3.63, 3.8) is 0 Å². The molecule has 0 saturated heterocycles. The summed E-state index contributed by atoms with van der Waals surface area (Å²) in [7, 11) is -3.50. The minimum atomic E-state index is -3.50. The van der Waals surface area contributed by atoms with E-state index in [4.69, 9.17) is 0 Å². The lowest BCUT2D eigenvalue weighted by Gasteiger charge is -1.92. The van der Waals surface area contributed by atoms with E-state index in [1.807, 2.05) is 6.92 Å². The van der Waals surface area contributed by atoms with Gasteiger partial charge >= 0.3 is 5.62 Å². The Labute approximate surface area is 61.4 Å². The van der Waals surface area contributed by atoms with Gasteiger partial charge in [-0.1, -0.05) is 19.8 Å². The van der Waals surface area contributed by atoms with Gasteiger partial charge < -0.3 is 0 Å². The fourth-order valence-corrected chi connectivity index (χ4v) is 1.25. The van der Waals surface area contributed by atoms with Gasteiger partial charge in [-0.3, -0.25) is 4.79 Å². The van der Waals surface area contributed by atoms with Crippen LogP contribution in [0.2, 0.25) is 0 Å². The summed E-state index contributed by atoms with van der Waals surface area (Å²) >= 11 is 0. The summed E-state index contributed by atoms with van der Waals surface area (Å²) in [6.45, 7) is 1.97. The second-order valence-electron chi connectivity index (χ2n) is 2.11. The number of sulfone groups is 1. The predicted molar refractivity (Wildman–Crippen MR) is 39.0 cm³/mol. The lowest BCUT2D eigenvalue weighted by atomic mass is 10.3. The molecule has 0 amide bonds. The minimum absolute atomic E-state index is 0.0513. The average Bonchev–Trinajstić information content (AvgIpc) is 1.89. The normalized spacial score (nSPS) is 11.3. The number of rotatable bonds is 5. The van der Waals surface area contributed by atoms with Gasteiger partial charge in [0.1, 0.15) is 0 Å². The molecule has 0 spiro atoms. The number of unbranched alkanes of at least 4 members (excludes halogenated alkanes) is 2. The van der Waals surface area contributed by atoms with Gasteiger partial charge in [-0.2, -0.15) is 0 Å². The zero-order valence-electron chi connectivity index (χ0n) is 5.96. The molecule has 1 radical (unpaired) electrons. The Morgan fingerprint density at radius 2 is 1.90 bits per heavy atom. The van der Waals surface area contributed by atoms with Crippen molar-refractivity contribution in [3.05, 3.63) is 0 Å². The molecule has 0 N–H and O–H groups in total. The number of hydrogen-bond acceptors (Lipinski definition) is 3. The molecule has 10 heavy (non-hydrogen) atoms. The molecule has 4 heteroatoms. The van der Waals surface area contributed by atoms with Crippen LogP contribution in [0.1, 0.15) is 26.2 Å². The van der Waals surface area contributed by atoms with Crippen LogP contribution in [0.4, 0.5) is 0 Å². The first-order valence-corrected chi connectivity index (χ1v) is 4.89. The smallest absolute Gasteiger partial charge is 0.271 e. The Morgan fingerprint density at radius 3 is 2.30 bits per heavy atom. The van der Waals surface area contributed by atoms with E-state index < -0.39 is 9.84 Å². The Bertz CT molecular complexity index is 181. The molecule has 0 bridgehead atoms. The molecule has 0 fully saturated rings. The third-order valence-electron chi connectivity index (χ3n) is 1.14. The first-order chi connectivity index (χ1) is 4.62. The molecule has 0 atom stereocenters. The average molecular weight is 163 g/mol. The van der Waals surface area contributed by atoms with Crippen LogP contribution in [0.3, 0.4) is 0 Å². The lowest BCUT2D eigenvalue weighted by Crippen LogP contribution is -2.06. The van der Waals surface area contributed by atoms with Crippen molar-refractivity contribution in [2.75, 3.05) is 5.75 Å². The fourth-order valence-electron chi connectivity index (χ4n) is 0.584. The highest BCUT2D eigenvalue weighted by Gasteiger charge is 2.07. The Balaban J connectivity index is 3.59. The van der Waals surface area contributed by atoms with Crippen LogP contribution >= 0.6 is 0 Å². The van der Waals surface area contributed by atoms with E-state index in [1.54, 1.807) is 0 Å². The molecule has 0 saturated carbocycles. The second-order valence-corrected chi connectivity index (χ2v) is 3.91. The summed E-state index contributed by atoms with van der Waals surface area (Å²) < 4.78 is 20.9. The third-order valence-corrected chi connectivity index (χ3v) is 2.22. The topological polar surface area (TPSA) is 51.2 Å². The molecule has 0 rings (SSSR count). The van der Waals surface area contributed by atoms with Gasteiger partial charge in [0.05, 0.1) is 5.75 Å². The molecule has 0 unspecified atom stereocenters. The van der Waals surface area contributed by atoms with Crippen molar-refractivity contribution in [3.8, 4) is 0 Å². The monoisotopic (exact) mass is 163 g/mol. The minimum Gasteiger partial charge on any atom is -0.271 e. The summed E-state index contributed by atoms with van der Waals surface area (Å²) in [5, 5.41) is 0. The van der Waals surface area contributed by atoms with Crippen molar-refractivity contribution < 1.29 is 13.2 Å². The highest BCUT2D eigenvalue weighted by Crippen LogP contribution is 1.96. The van der Waals surface area contributed by atoms with Crippen LogP contribution in [-0.2, 0) is 14.6 Å². The first-order valence-electron chi connectivity index (χ1n) is 3.24. The van der Waals surface area contributed by atoms with E-state index in [9.17, 15) is 13.2 Å². The largest absolute Gasteiger partial charge is 0.328 e. The van der Waals surface area contributed by atoms with Crippen molar-refractivity contribution in [1.82, 2.24) is 0 Å². The lowest BCUT2D eigenvalue weighted by molar-refractivity contribution is 0.555. The number of hydrogen-bond donors (Lipinski definition) is 0. The quantitative estimate of drug-likeness (QED) is 0.559.